The third kappa shape index (κ3) is 4.55. The molecule has 6 rings (SSSR count). The molecule has 7 nitrogen and oxygen atoms in total. The lowest BCUT2D eigenvalue weighted by atomic mass is 9.95. The molecule has 0 bridgehead atoms. The fraction of sp³-hybridized carbons (Fsp3) is 0.0714. The van der Waals surface area contributed by atoms with E-state index in [9.17, 15) is 14.7 Å². The molecule has 0 spiro atoms. The average molecular weight is 605 g/mol. The van der Waals surface area contributed by atoms with E-state index in [1.54, 1.807) is 24.3 Å². The lowest BCUT2D eigenvalue weighted by Crippen LogP contribution is -2.31. The lowest BCUT2D eigenvalue weighted by molar-refractivity contribution is -0.117. The highest BCUT2D eigenvalue weighted by Gasteiger charge is 2.46. The van der Waals surface area contributed by atoms with Gasteiger partial charge in [-0.3, -0.25) is 14.5 Å². The fourth-order valence-corrected chi connectivity index (χ4v) is 6.39. The summed E-state index contributed by atoms with van der Waals surface area (Å²) in [5.41, 5.74) is 2.25. The predicted molar refractivity (Wildman–Crippen MR) is 150 cm³/mol. The van der Waals surface area contributed by atoms with Crippen molar-refractivity contribution in [3.05, 3.63) is 118 Å². The number of carbonyl (C=O) groups excluding carboxylic acids is 2. The van der Waals surface area contributed by atoms with Crippen LogP contribution in [0.15, 0.2) is 109 Å². The number of furan rings is 1. The summed E-state index contributed by atoms with van der Waals surface area (Å²) in [6, 6.07) is 25.2. The van der Waals surface area contributed by atoms with E-state index in [1.165, 1.54) is 28.0 Å². The van der Waals surface area contributed by atoms with Crippen molar-refractivity contribution >= 4 is 66.8 Å². The maximum Gasteiger partial charge on any atom is 0.296 e. The van der Waals surface area contributed by atoms with E-state index in [-0.39, 0.29) is 16.5 Å². The molecule has 1 amide bonds. The second-order valence-corrected chi connectivity index (χ2v) is 11.6. The van der Waals surface area contributed by atoms with Crippen LogP contribution in [-0.4, -0.2) is 27.0 Å². The van der Waals surface area contributed by atoms with Gasteiger partial charge in [-0.05, 0) is 35.4 Å². The predicted octanol–water partition coefficient (Wildman–Crippen LogP) is 7.12. The van der Waals surface area contributed by atoms with Gasteiger partial charge >= 0.3 is 0 Å². The highest BCUT2D eigenvalue weighted by Crippen LogP contribution is 2.44. The molecule has 1 aliphatic heterocycles. The number of anilines is 1. The lowest BCUT2D eigenvalue weighted by Gasteiger charge is -2.23. The van der Waals surface area contributed by atoms with Gasteiger partial charge in [0.1, 0.15) is 5.58 Å². The van der Waals surface area contributed by atoms with Gasteiger partial charge in [-0.2, -0.15) is 0 Å². The number of ketones is 1. The van der Waals surface area contributed by atoms with Crippen LogP contribution in [0.4, 0.5) is 5.13 Å². The molecule has 5 aromatic rings. The molecule has 3 aromatic carbocycles. The highest BCUT2D eigenvalue weighted by atomic mass is 79.9. The van der Waals surface area contributed by atoms with Gasteiger partial charge in [-0.15, -0.1) is 10.2 Å². The summed E-state index contributed by atoms with van der Waals surface area (Å²) in [6.45, 7) is 0. The zero-order valence-electron chi connectivity index (χ0n) is 19.6. The number of halogens is 1. The van der Waals surface area contributed by atoms with Crippen LogP contribution in [-0.2, 0) is 10.5 Å². The third-order valence-electron chi connectivity index (χ3n) is 6.09. The van der Waals surface area contributed by atoms with Crippen molar-refractivity contribution in [2.24, 2.45) is 0 Å². The molecule has 0 aliphatic carbocycles. The first kappa shape index (κ1) is 24.6. The zero-order chi connectivity index (χ0) is 26.2. The van der Waals surface area contributed by atoms with Crippen molar-refractivity contribution in [2.75, 3.05) is 4.90 Å². The Balaban J connectivity index is 1.37. The van der Waals surface area contributed by atoms with Crippen molar-refractivity contribution in [3.8, 4) is 0 Å². The number of hydrogen-bond acceptors (Lipinski definition) is 8. The van der Waals surface area contributed by atoms with E-state index in [0.717, 1.165) is 15.4 Å². The average Bonchev–Trinajstić information content (AvgIpc) is 3.65. The molecule has 1 atom stereocenters. The van der Waals surface area contributed by atoms with E-state index < -0.39 is 23.5 Å². The van der Waals surface area contributed by atoms with Crippen molar-refractivity contribution in [1.82, 2.24) is 10.2 Å². The molecule has 1 aliphatic rings. The highest BCUT2D eigenvalue weighted by molar-refractivity contribution is 9.10. The number of aliphatic hydroxyl groups excluding tert-OH is 1. The maximum absolute atomic E-state index is 13.7. The van der Waals surface area contributed by atoms with Crippen molar-refractivity contribution in [3.63, 3.8) is 0 Å². The summed E-state index contributed by atoms with van der Waals surface area (Å²) in [7, 11) is 0. The van der Waals surface area contributed by atoms with Crippen LogP contribution >= 0.6 is 39.0 Å². The summed E-state index contributed by atoms with van der Waals surface area (Å²) in [5, 5.41) is 20.6. The first-order valence-corrected chi connectivity index (χ1v) is 14.1. The van der Waals surface area contributed by atoms with Crippen LogP contribution in [0.5, 0.6) is 0 Å². The topological polar surface area (TPSA) is 96.5 Å². The van der Waals surface area contributed by atoms with Crippen molar-refractivity contribution in [1.29, 1.82) is 0 Å². The number of carbonyl (C=O) groups is 2. The monoisotopic (exact) mass is 603 g/mol. The Hall–Kier alpha value is -3.73. The molecular weight excluding hydrogens is 586 g/mol. The van der Waals surface area contributed by atoms with Crippen LogP contribution in [0.1, 0.15) is 27.7 Å². The zero-order valence-corrected chi connectivity index (χ0v) is 22.8. The number of amides is 1. The molecule has 0 fully saturated rings. The van der Waals surface area contributed by atoms with Gasteiger partial charge in [-0.25, -0.2) is 0 Å². The molecule has 3 heterocycles. The smallest absolute Gasteiger partial charge is 0.296 e. The van der Waals surface area contributed by atoms with Crippen molar-refractivity contribution < 1.29 is 19.1 Å². The van der Waals surface area contributed by atoms with Crippen LogP contribution in [0, 0.1) is 0 Å². The minimum absolute atomic E-state index is 0.0425. The number of aromatic nitrogens is 2. The Labute approximate surface area is 233 Å². The first-order chi connectivity index (χ1) is 18.5. The standard InChI is InChI=1S/C28H18BrN3O4S2/c29-19-12-10-17(11-13-19)23-22(24(33)21-14-18-8-4-5-9-20(18)36-21)25(34)26(35)32(23)27-30-31-28(38-27)37-15-16-6-2-1-3-7-16/h1-14,23,34H,15H2. The Kier molecular flexibility index (Phi) is 6.61. The Morgan fingerprint density at radius 3 is 2.53 bits per heavy atom. The van der Waals surface area contributed by atoms with E-state index in [4.69, 9.17) is 4.42 Å². The normalized spacial score (nSPS) is 15.6. The number of rotatable bonds is 7. The summed E-state index contributed by atoms with van der Waals surface area (Å²) in [6.07, 6.45) is 0. The summed E-state index contributed by atoms with van der Waals surface area (Å²) in [5.74, 6) is -1.17. The van der Waals surface area contributed by atoms with Gasteiger partial charge in [0.05, 0.1) is 11.6 Å². The van der Waals surface area contributed by atoms with E-state index in [1.807, 2.05) is 60.7 Å². The van der Waals surface area contributed by atoms with Crippen LogP contribution in [0.3, 0.4) is 0 Å². The minimum atomic E-state index is -0.906. The molecule has 0 radical (unpaired) electrons. The molecule has 1 N–H and O–H groups in total. The number of hydrogen-bond donors (Lipinski definition) is 1. The number of benzene rings is 3. The van der Waals surface area contributed by atoms with Gasteiger partial charge in [0.2, 0.25) is 10.9 Å². The number of fused-ring (bicyclic) bond motifs is 1. The summed E-state index contributed by atoms with van der Waals surface area (Å²) >= 11 is 6.17. The first-order valence-electron chi connectivity index (χ1n) is 11.6. The fourth-order valence-electron chi connectivity index (χ4n) is 4.30. The van der Waals surface area contributed by atoms with Crippen LogP contribution < -0.4 is 4.90 Å². The Morgan fingerprint density at radius 1 is 1.03 bits per heavy atom. The number of Topliss-reactive ketones (excluding diaryl/α,β-unsaturated/α-hetero) is 1. The maximum atomic E-state index is 13.7. The van der Waals surface area contributed by atoms with E-state index >= 15 is 0 Å². The van der Waals surface area contributed by atoms with Gasteiger partial charge < -0.3 is 9.52 Å². The quantitative estimate of drug-likeness (QED) is 0.120. The number of para-hydroxylation sites is 1. The van der Waals surface area contributed by atoms with Crippen LogP contribution in [0.2, 0.25) is 0 Å². The SMILES string of the molecule is O=C(C1=C(O)C(=O)N(c2nnc(SCc3ccccc3)s2)C1c1ccc(Br)cc1)c1cc2ccccc2o1. The Bertz CT molecular complexity index is 1660. The Morgan fingerprint density at radius 2 is 1.76 bits per heavy atom. The minimum Gasteiger partial charge on any atom is -0.503 e. The molecule has 0 saturated carbocycles. The molecule has 10 heteroatoms. The number of aliphatic hydroxyl groups is 1. The number of nitrogens with zero attached hydrogens (tertiary/aromatic N) is 3. The molecule has 2 aromatic heterocycles. The van der Waals surface area contributed by atoms with E-state index in [2.05, 4.69) is 26.1 Å². The summed E-state index contributed by atoms with van der Waals surface area (Å²) < 4.78 is 7.30. The second-order valence-electron chi connectivity index (χ2n) is 8.49. The molecule has 1 unspecified atom stereocenters. The summed E-state index contributed by atoms with van der Waals surface area (Å²) in [4.78, 5) is 28.5. The third-order valence-corrected chi connectivity index (χ3v) is 8.75. The van der Waals surface area contributed by atoms with Crippen molar-refractivity contribution in [2.45, 2.75) is 16.1 Å². The van der Waals surface area contributed by atoms with Gasteiger partial charge in [0.15, 0.2) is 15.9 Å². The van der Waals surface area contributed by atoms with Crippen LogP contribution in [0.25, 0.3) is 11.0 Å². The largest absolute Gasteiger partial charge is 0.503 e. The number of thioether (sulfide) groups is 1. The van der Waals surface area contributed by atoms with Gasteiger partial charge in [-0.1, -0.05) is 99.7 Å². The van der Waals surface area contributed by atoms with Gasteiger partial charge in [0, 0.05) is 15.6 Å². The molecule has 0 saturated heterocycles. The van der Waals surface area contributed by atoms with Gasteiger partial charge in [0.25, 0.3) is 5.91 Å². The second kappa shape index (κ2) is 10.2. The van der Waals surface area contributed by atoms with E-state index in [0.29, 0.717) is 21.2 Å². The molecule has 38 heavy (non-hydrogen) atoms. The molecular formula is C28H18BrN3O4S2. The molecule has 188 valence electrons.